The van der Waals surface area contributed by atoms with Gasteiger partial charge in [0.05, 0.1) is 6.42 Å². The van der Waals surface area contributed by atoms with Crippen molar-refractivity contribution < 1.29 is 14.0 Å². The molecule has 0 spiro atoms. The van der Waals surface area contributed by atoms with Crippen LogP contribution in [0.3, 0.4) is 0 Å². The van der Waals surface area contributed by atoms with E-state index in [1.165, 1.54) is 24.1 Å². The molecule has 7 heteroatoms. The number of hydrogen-bond donors (Lipinski definition) is 1. The van der Waals surface area contributed by atoms with E-state index >= 15 is 0 Å². The minimum Gasteiger partial charge on any atom is -0.357 e. The largest absolute Gasteiger partial charge is 0.357 e. The molecular formula is C19H19Cl2FN2O2. The predicted molar refractivity (Wildman–Crippen MR) is 101 cm³/mol. The number of nitrogens with one attached hydrogen (secondary N) is 1. The zero-order valence-electron chi connectivity index (χ0n) is 14.4. The average molecular weight is 397 g/mol. The Morgan fingerprint density at radius 3 is 2.23 bits per heavy atom. The Kier molecular flexibility index (Phi) is 7.00. The number of amides is 2. The molecular weight excluding hydrogens is 378 g/mol. The van der Waals surface area contributed by atoms with Crippen LogP contribution in [0, 0.1) is 5.82 Å². The molecule has 26 heavy (non-hydrogen) atoms. The lowest BCUT2D eigenvalue weighted by atomic mass is 10.1. The van der Waals surface area contributed by atoms with E-state index in [0.29, 0.717) is 21.2 Å². The van der Waals surface area contributed by atoms with Crippen molar-refractivity contribution in [2.24, 2.45) is 0 Å². The second kappa shape index (κ2) is 9.01. The third-order valence-electron chi connectivity index (χ3n) is 4.07. The van der Waals surface area contributed by atoms with Gasteiger partial charge in [0.1, 0.15) is 11.9 Å². The van der Waals surface area contributed by atoms with Gasteiger partial charge in [-0.2, -0.15) is 0 Å². The van der Waals surface area contributed by atoms with Gasteiger partial charge in [-0.1, -0.05) is 41.4 Å². The molecule has 0 aliphatic heterocycles. The molecule has 0 saturated heterocycles. The van der Waals surface area contributed by atoms with E-state index in [-0.39, 0.29) is 30.6 Å². The summed E-state index contributed by atoms with van der Waals surface area (Å²) in [6, 6.07) is 10.1. The van der Waals surface area contributed by atoms with Crippen molar-refractivity contribution in [1.29, 1.82) is 0 Å². The first-order valence-corrected chi connectivity index (χ1v) is 8.77. The van der Waals surface area contributed by atoms with Gasteiger partial charge in [0.2, 0.25) is 11.8 Å². The molecule has 138 valence electrons. The Labute approximate surface area is 161 Å². The molecule has 0 saturated carbocycles. The fourth-order valence-corrected chi connectivity index (χ4v) is 3.06. The molecule has 0 aliphatic carbocycles. The molecule has 0 radical (unpaired) electrons. The van der Waals surface area contributed by atoms with Crippen LogP contribution in [-0.2, 0) is 22.6 Å². The summed E-state index contributed by atoms with van der Waals surface area (Å²) in [5.74, 6) is -0.972. The van der Waals surface area contributed by atoms with Crippen molar-refractivity contribution in [3.8, 4) is 0 Å². The first-order valence-electron chi connectivity index (χ1n) is 8.02. The highest BCUT2D eigenvalue weighted by molar-refractivity contribution is 6.36. The van der Waals surface area contributed by atoms with Crippen molar-refractivity contribution >= 4 is 35.0 Å². The predicted octanol–water partition coefficient (Wildman–Crippen LogP) is 3.84. The molecule has 1 N–H and O–H groups in total. The normalized spacial score (nSPS) is 11.7. The minimum absolute atomic E-state index is 0.0406. The van der Waals surface area contributed by atoms with Crippen molar-refractivity contribution in [3.05, 3.63) is 69.5 Å². The van der Waals surface area contributed by atoms with Gasteiger partial charge in [0, 0.05) is 23.6 Å². The highest BCUT2D eigenvalue weighted by Gasteiger charge is 2.26. The number of nitrogens with zero attached hydrogens (tertiary/aromatic N) is 1. The van der Waals surface area contributed by atoms with Crippen LogP contribution in [0.4, 0.5) is 4.39 Å². The zero-order chi connectivity index (χ0) is 19.3. The van der Waals surface area contributed by atoms with Crippen molar-refractivity contribution in [3.63, 3.8) is 0 Å². The third-order valence-corrected chi connectivity index (χ3v) is 4.78. The first kappa shape index (κ1) is 20.2. The Balaban J connectivity index is 2.28. The lowest BCUT2D eigenvalue weighted by Gasteiger charge is -2.28. The summed E-state index contributed by atoms with van der Waals surface area (Å²) in [6.45, 7) is 1.80. The maximum absolute atomic E-state index is 13.1. The maximum Gasteiger partial charge on any atom is 0.242 e. The highest BCUT2D eigenvalue weighted by Crippen LogP contribution is 2.25. The van der Waals surface area contributed by atoms with Crippen molar-refractivity contribution in [2.75, 3.05) is 7.05 Å². The maximum atomic E-state index is 13.1. The van der Waals surface area contributed by atoms with Crippen LogP contribution in [0.2, 0.25) is 10.0 Å². The van der Waals surface area contributed by atoms with Gasteiger partial charge >= 0.3 is 0 Å². The zero-order valence-corrected chi connectivity index (χ0v) is 15.9. The monoisotopic (exact) mass is 396 g/mol. The Hall–Kier alpha value is -2.11. The molecule has 2 rings (SSSR count). The summed E-state index contributed by atoms with van der Waals surface area (Å²) < 4.78 is 13.1. The molecule has 0 heterocycles. The van der Waals surface area contributed by atoms with Crippen LogP contribution in [-0.4, -0.2) is 29.8 Å². The summed E-state index contributed by atoms with van der Waals surface area (Å²) in [7, 11) is 1.50. The molecule has 4 nitrogen and oxygen atoms in total. The van der Waals surface area contributed by atoms with Gasteiger partial charge in [-0.3, -0.25) is 9.59 Å². The van der Waals surface area contributed by atoms with Crippen LogP contribution < -0.4 is 5.32 Å². The Morgan fingerprint density at radius 1 is 1.12 bits per heavy atom. The summed E-state index contributed by atoms with van der Waals surface area (Å²) in [5, 5.41) is 3.31. The van der Waals surface area contributed by atoms with E-state index in [0.717, 1.165) is 0 Å². The number of carbonyl (C=O) groups is 2. The number of carbonyl (C=O) groups excluding carboxylic acids is 2. The fourth-order valence-electron chi connectivity index (χ4n) is 2.53. The van der Waals surface area contributed by atoms with E-state index in [9.17, 15) is 14.0 Å². The summed E-state index contributed by atoms with van der Waals surface area (Å²) in [6.07, 6.45) is -0.0406. The molecule has 2 aromatic rings. The summed E-state index contributed by atoms with van der Waals surface area (Å²) >= 11 is 12.3. The molecule has 2 amide bonds. The quantitative estimate of drug-likeness (QED) is 0.806. The second-order valence-electron chi connectivity index (χ2n) is 5.82. The average Bonchev–Trinajstić information content (AvgIpc) is 2.63. The second-order valence-corrected chi connectivity index (χ2v) is 6.63. The summed E-state index contributed by atoms with van der Waals surface area (Å²) in [4.78, 5) is 26.4. The van der Waals surface area contributed by atoms with Crippen LogP contribution >= 0.6 is 23.2 Å². The molecule has 0 fully saturated rings. The van der Waals surface area contributed by atoms with Crippen LogP contribution in [0.25, 0.3) is 0 Å². The van der Waals surface area contributed by atoms with E-state index < -0.39 is 6.04 Å². The van der Waals surface area contributed by atoms with Gasteiger partial charge in [-0.15, -0.1) is 0 Å². The number of benzene rings is 2. The number of likely N-dealkylation sites (N-methyl/N-ethyl adjacent to an activating group) is 1. The van der Waals surface area contributed by atoms with Crippen LogP contribution in [0.1, 0.15) is 18.1 Å². The van der Waals surface area contributed by atoms with Gasteiger partial charge in [0.25, 0.3) is 0 Å². The number of hydrogen-bond acceptors (Lipinski definition) is 2. The Morgan fingerprint density at radius 2 is 1.69 bits per heavy atom. The molecule has 1 atom stereocenters. The van der Waals surface area contributed by atoms with Gasteiger partial charge in [-0.05, 0) is 42.3 Å². The van der Waals surface area contributed by atoms with Gasteiger partial charge < -0.3 is 10.2 Å². The molecule has 0 bridgehead atoms. The fraction of sp³-hybridized carbons (Fsp3) is 0.263. The summed E-state index contributed by atoms with van der Waals surface area (Å²) in [5.41, 5.74) is 1.22. The molecule has 0 aliphatic rings. The highest BCUT2D eigenvalue weighted by atomic mass is 35.5. The van der Waals surface area contributed by atoms with Crippen molar-refractivity contribution in [2.45, 2.75) is 25.9 Å². The lowest BCUT2D eigenvalue weighted by molar-refractivity contribution is -0.139. The minimum atomic E-state index is -0.709. The topological polar surface area (TPSA) is 49.4 Å². The first-order chi connectivity index (χ1) is 12.3. The number of halogens is 3. The van der Waals surface area contributed by atoms with Gasteiger partial charge in [0.15, 0.2) is 0 Å². The van der Waals surface area contributed by atoms with Gasteiger partial charge in [-0.25, -0.2) is 4.39 Å². The lowest BCUT2D eigenvalue weighted by Crippen LogP contribution is -2.47. The smallest absolute Gasteiger partial charge is 0.242 e. The van der Waals surface area contributed by atoms with E-state index in [4.69, 9.17) is 23.2 Å². The van der Waals surface area contributed by atoms with Crippen molar-refractivity contribution in [1.82, 2.24) is 10.2 Å². The SMILES string of the molecule is CNC(=O)C(C)N(Cc1ccc(F)cc1)C(=O)Cc1c(Cl)cccc1Cl. The molecule has 2 aromatic carbocycles. The molecule has 1 unspecified atom stereocenters. The van der Waals surface area contributed by atoms with E-state index in [1.807, 2.05) is 0 Å². The van der Waals surface area contributed by atoms with Crippen LogP contribution in [0.15, 0.2) is 42.5 Å². The standard InChI is InChI=1S/C19H19Cl2FN2O2/c1-12(19(26)23-2)24(11-13-6-8-14(22)9-7-13)18(25)10-15-16(20)4-3-5-17(15)21/h3-9,12H,10-11H2,1-2H3,(H,23,26). The Bertz CT molecular complexity index is 776. The van der Waals surface area contributed by atoms with E-state index in [2.05, 4.69) is 5.32 Å². The van der Waals surface area contributed by atoms with Crippen LogP contribution in [0.5, 0.6) is 0 Å². The number of rotatable bonds is 6. The molecule has 0 aromatic heterocycles. The van der Waals surface area contributed by atoms with E-state index in [1.54, 1.807) is 37.3 Å². The third kappa shape index (κ3) is 4.96.